The monoisotopic (exact) mass is 477 g/mol. The third kappa shape index (κ3) is 4.53. The molecule has 5 aromatic rings. The van der Waals surface area contributed by atoms with Crippen LogP contribution in [0, 0.1) is 10.1 Å². The number of fused-ring (bicyclic) bond motifs is 1. The number of phenols is 1. The van der Waals surface area contributed by atoms with Gasteiger partial charge in [-0.25, -0.2) is 10.1 Å². The molecule has 0 aliphatic heterocycles. The molecule has 4 aromatic carbocycles. The van der Waals surface area contributed by atoms with Crippen molar-refractivity contribution in [2.24, 2.45) is 5.10 Å². The Morgan fingerprint density at radius 2 is 1.69 bits per heavy atom. The molecule has 9 heteroatoms. The number of amides is 1. The first-order valence-corrected chi connectivity index (χ1v) is 10.9. The summed E-state index contributed by atoms with van der Waals surface area (Å²) in [6.07, 6.45) is 3.13. The van der Waals surface area contributed by atoms with Gasteiger partial charge in [-0.2, -0.15) is 10.2 Å². The summed E-state index contributed by atoms with van der Waals surface area (Å²) < 4.78 is 1.63. The maximum absolute atomic E-state index is 12.7. The van der Waals surface area contributed by atoms with Gasteiger partial charge in [-0.1, -0.05) is 54.6 Å². The molecule has 9 nitrogen and oxygen atoms in total. The van der Waals surface area contributed by atoms with E-state index in [-0.39, 0.29) is 17.0 Å². The minimum absolute atomic E-state index is 0.0651. The van der Waals surface area contributed by atoms with Crippen LogP contribution in [0.1, 0.15) is 15.9 Å². The number of aromatic nitrogens is 2. The molecule has 1 heterocycles. The van der Waals surface area contributed by atoms with Crippen molar-refractivity contribution in [2.45, 2.75) is 0 Å². The van der Waals surface area contributed by atoms with E-state index in [4.69, 9.17) is 0 Å². The number of nitro groups is 1. The first-order chi connectivity index (χ1) is 17.5. The minimum atomic E-state index is -0.582. The maximum Gasteiger partial charge on any atom is 0.275 e. The van der Waals surface area contributed by atoms with Gasteiger partial charge >= 0.3 is 0 Å². The number of benzene rings is 4. The van der Waals surface area contributed by atoms with E-state index in [9.17, 15) is 20.0 Å². The summed E-state index contributed by atoms with van der Waals surface area (Å²) in [5.41, 5.74) is 4.75. The molecule has 0 saturated heterocycles. The van der Waals surface area contributed by atoms with Gasteiger partial charge in [0.25, 0.3) is 11.6 Å². The lowest BCUT2D eigenvalue weighted by molar-refractivity contribution is -0.384. The molecule has 2 N–H and O–H groups in total. The Kier molecular flexibility index (Phi) is 5.94. The molecule has 0 aliphatic rings. The average Bonchev–Trinajstić information content (AvgIpc) is 3.33. The van der Waals surface area contributed by atoms with Crippen molar-refractivity contribution in [3.63, 3.8) is 0 Å². The molecule has 0 radical (unpaired) electrons. The number of hydrogen-bond acceptors (Lipinski definition) is 6. The second-order valence-corrected chi connectivity index (χ2v) is 7.94. The molecule has 1 aromatic heterocycles. The number of carbonyl (C=O) groups excluding carboxylic acids is 1. The number of para-hydroxylation sites is 1. The largest absolute Gasteiger partial charge is 0.507 e. The van der Waals surface area contributed by atoms with Crippen LogP contribution in [-0.4, -0.2) is 31.9 Å². The van der Waals surface area contributed by atoms with E-state index in [1.807, 2.05) is 54.6 Å². The Balaban J connectivity index is 1.47. The number of nitro benzene ring substituents is 1. The van der Waals surface area contributed by atoms with Gasteiger partial charge in [0, 0.05) is 29.5 Å². The molecule has 5 rings (SSSR count). The first kappa shape index (κ1) is 22.5. The van der Waals surface area contributed by atoms with Crippen LogP contribution in [0.4, 0.5) is 5.69 Å². The summed E-state index contributed by atoms with van der Waals surface area (Å²) in [6, 6.07) is 26.0. The quantitative estimate of drug-likeness (QED) is 0.201. The minimum Gasteiger partial charge on any atom is -0.507 e. The highest BCUT2D eigenvalue weighted by Gasteiger charge is 2.15. The highest BCUT2D eigenvalue weighted by molar-refractivity contribution is 6.02. The molecule has 0 bridgehead atoms. The Morgan fingerprint density at radius 3 is 2.44 bits per heavy atom. The fourth-order valence-electron chi connectivity index (χ4n) is 3.82. The van der Waals surface area contributed by atoms with E-state index in [0.717, 1.165) is 16.5 Å². The molecule has 0 atom stereocenters. The summed E-state index contributed by atoms with van der Waals surface area (Å²) in [5.74, 6) is -0.738. The summed E-state index contributed by atoms with van der Waals surface area (Å²) in [5, 5.41) is 31.9. The lowest BCUT2D eigenvalue weighted by atomic mass is 10.1. The number of aromatic hydroxyl groups is 1. The van der Waals surface area contributed by atoms with E-state index in [1.165, 1.54) is 24.4 Å². The molecule has 36 heavy (non-hydrogen) atoms. The van der Waals surface area contributed by atoms with Gasteiger partial charge in [0.15, 0.2) is 0 Å². The van der Waals surface area contributed by atoms with Crippen LogP contribution in [0.15, 0.2) is 102 Å². The molecular weight excluding hydrogens is 458 g/mol. The summed E-state index contributed by atoms with van der Waals surface area (Å²) in [6.45, 7) is 0. The second-order valence-electron chi connectivity index (χ2n) is 7.94. The highest BCUT2D eigenvalue weighted by Crippen LogP contribution is 2.27. The summed E-state index contributed by atoms with van der Waals surface area (Å²) in [4.78, 5) is 23.5. The number of phenolic OH excluding ortho intramolecular Hbond substituents is 1. The zero-order valence-electron chi connectivity index (χ0n) is 18.8. The van der Waals surface area contributed by atoms with Gasteiger partial charge in [0.2, 0.25) is 0 Å². The molecule has 0 fully saturated rings. The van der Waals surface area contributed by atoms with Crippen LogP contribution in [0.25, 0.3) is 27.7 Å². The van der Waals surface area contributed by atoms with Gasteiger partial charge in [-0.3, -0.25) is 14.9 Å². The van der Waals surface area contributed by atoms with E-state index in [2.05, 4.69) is 15.6 Å². The van der Waals surface area contributed by atoms with E-state index in [0.29, 0.717) is 16.8 Å². The lowest BCUT2D eigenvalue weighted by Crippen LogP contribution is -2.17. The summed E-state index contributed by atoms with van der Waals surface area (Å²) >= 11 is 0. The van der Waals surface area contributed by atoms with E-state index in [1.54, 1.807) is 29.1 Å². The van der Waals surface area contributed by atoms with Crippen molar-refractivity contribution in [1.82, 2.24) is 15.2 Å². The summed E-state index contributed by atoms with van der Waals surface area (Å²) in [7, 11) is 0. The van der Waals surface area contributed by atoms with Gasteiger partial charge in [0.05, 0.1) is 22.4 Å². The number of hydrazone groups is 1. The van der Waals surface area contributed by atoms with Crippen molar-refractivity contribution in [1.29, 1.82) is 0 Å². The number of non-ortho nitro benzene ring substituents is 1. The van der Waals surface area contributed by atoms with E-state index >= 15 is 0 Å². The molecule has 0 aliphatic carbocycles. The third-order valence-electron chi connectivity index (χ3n) is 5.57. The van der Waals surface area contributed by atoms with Gasteiger partial charge in [0.1, 0.15) is 11.4 Å². The fraction of sp³-hybridized carbons (Fsp3) is 0. The van der Waals surface area contributed by atoms with Gasteiger partial charge in [-0.15, -0.1) is 0 Å². The van der Waals surface area contributed by atoms with Crippen molar-refractivity contribution in [3.05, 3.63) is 118 Å². The first-order valence-electron chi connectivity index (χ1n) is 10.9. The predicted molar refractivity (Wildman–Crippen MR) is 136 cm³/mol. The molecule has 0 spiro atoms. The number of carbonyl (C=O) groups is 1. The van der Waals surface area contributed by atoms with Crippen molar-refractivity contribution in [2.75, 3.05) is 0 Å². The Morgan fingerprint density at radius 1 is 0.972 bits per heavy atom. The van der Waals surface area contributed by atoms with E-state index < -0.39 is 10.8 Å². The average molecular weight is 477 g/mol. The van der Waals surface area contributed by atoms with Crippen LogP contribution in [0.3, 0.4) is 0 Å². The van der Waals surface area contributed by atoms with Crippen molar-refractivity contribution in [3.8, 4) is 22.7 Å². The Bertz CT molecular complexity index is 1630. The van der Waals surface area contributed by atoms with Crippen LogP contribution < -0.4 is 5.43 Å². The maximum atomic E-state index is 12.7. The van der Waals surface area contributed by atoms with Crippen molar-refractivity contribution < 1.29 is 14.8 Å². The van der Waals surface area contributed by atoms with Crippen molar-refractivity contribution >= 4 is 28.6 Å². The van der Waals surface area contributed by atoms with Crippen LogP contribution >= 0.6 is 0 Å². The van der Waals surface area contributed by atoms with Gasteiger partial charge in [-0.05, 0) is 35.0 Å². The number of nitrogens with one attached hydrogen (secondary N) is 1. The SMILES string of the molecule is O=C(N/N=C\c1cn(-c2ccccc2)nc1-c1cccc([N+](=O)[O-])c1)c1cc2ccccc2cc1O. The number of hydrogen-bond donors (Lipinski definition) is 2. The zero-order chi connectivity index (χ0) is 25.1. The smallest absolute Gasteiger partial charge is 0.275 e. The van der Waals surface area contributed by atoms with Crippen LogP contribution in [0.5, 0.6) is 5.75 Å². The molecule has 0 unspecified atom stereocenters. The Labute approximate surface area is 205 Å². The fourth-order valence-corrected chi connectivity index (χ4v) is 3.82. The standard InChI is InChI=1S/C27H19N5O4/c33-25-15-19-8-5-4-7-18(19)14-24(25)27(34)29-28-16-21-17-31(22-10-2-1-3-11-22)30-26(21)20-9-6-12-23(13-20)32(35)36/h1-17,33H,(H,29,34)/b28-16-. The Hall–Kier alpha value is -5.31. The van der Waals surface area contributed by atoms with Crippen LogP contribution in [0.2, 0.25) is 0 Å². The topological polar surface area (TPSA) is 123 Å². The zero-order valence-corrected chi connectivity index (χ0v) is 18.8. The van der Waals surface area contributed by atoms with Crippen LogP contribution in [-0.2, 0) is 0 Å². The second kappa shape index (κ2) is 9.51. The third-order valence-corrected chi connectivity index (χ3v) is 5.57. The van der Waals surface area contributed by atoms with Gasteiger partial charge < -0.3 is 5.11 Å². The molecule has 1 amide bonds. The normalized spacial score (nSPS) is 11.1. The molecule has 0 saturated carbocycles. The molecule has 176 valence electrons. The highest BCUT2D eigenvalue weighted by atomic mass is 16.6. The predicted octanol–water partition coefficient (Wildman–Crippen LogP) is 5.07. The lowest BCUT2D eigenvalue weighted by Gasteiger charge is -2.05. The number of rotatable bonds is 6. The molecular formula is C27H19N5O4. The number of nitrogens with zero attached hydrogens (tertiary/aromatic N) is 4.